The van der Waals surface area contributed by atoms with Crippen LogP contribution in [0.5, 0.6) is 0 Å². The molecule has 0 aliphatic carbocycles. The van der Waals surface area contributed by atoms with Crippen molar-refractivity contribution in [2.24, 2.45) is 4.99 Å². The fourth-order valence-corrected chi connectivity index (χ4v) is 3.96. The minimum Gasteiger partial charge on any atom is -0.373 e. The van der Waals surface area contributed by atoms with Gasteiger partial charge in [-0.2, -0.15) is 0 Å². The third-order valence-electron chi connectivity index (χ3n) is 5.98. The lowest BCUT2D eigenvalue weighted by Crippen LogP contribution is -2.51. The van der Waals surface area contributed by atoms with Crippen molar-refractivity contribution in [1.29, 1.82) is 0 Å². The monoisotopic (exact) mass is 415 g/mol. The van der Waals surface area contributed by atoms with Crippen LogP contribution < -0.4 is 10.6 Å². The topological polar surface area (TPSA) is 69.2 Å². The number of aliphatic imine (C=N–C) groups is 1. The Morgan fingerprint density at radius 1 is 1.27 bits per heavy atom. The van der Waals surface area contributed by atoms with Crippen LogP contribution in [0.2, 0.25) is 0 Å². The van der Waals surface area contributed by atoms with Gasteiger partial charge in [-0.15, -0.1) is 0 Å². The average Bonchev–Trinajstić information content (AvgIpc) is 3.18. The number of hydrogen-bond donors (Lipinski definition) is 2. The Bertz CT molecular complexity index is 693. The van der Waals surface area contributed by atoms with Crippen molar-refractivity contribution in [3.63, 3.8) is 0 Å². The van der Waals surface area contributed by atoms with Crippen molar-refractivity contribution >= 4 is 11.9 Å². The molecule has 2 N–H and O–H groups in total. The van der Waals surface area contributed by atoms with Gasteiger partial charge in [0.2, 0.25) is 5.91 Å². The second kappa shape index (κ2) is 10.8. The lowest BCUT2D eigenvalue weighted by atomic mass is 10.0. The molecule has 1 aromatic carbocycles. The summed E-state index contributed by atoms with van der Waals surface area (Å²) >= 11 is 0. The Kier molecular flexibility index (Phi) is 8.10. The number of likely N-dealkylation sites (N-methyl/N-ethyl adjacent to an activating group) is 1. The number of carbonyl (C=O) groups is 1. The molecule has 7 heteroatoms. The summed E-state index contributed by atoms with van der Waals surface area (Å²) < 4.78 is 5.89. The zero-order chi connectivity index (χ0) is 21.4. The number of likely N-dealkylation sites (tertiary alicyclic amines) is 1. The molecule has 30 heavy (non-hydrogen) atoms. The van der Waals surface area contributed by atoms with Gasteiger partial charge in [0.15, 0.2) is 5.96 Å². The largest absolute Gasteiger partial charge is 0.373 e. The van der Waals surface area contributed by atoms with Crippen LogP contribution in [-0.2, 0) is 16.1 Å². The van der Waals surface area contributed by atoms with Crippen molar-refractivity contribution in [1.82, 2.24) is 20.4 Å². The average molecular weight is 416 g/mol. The lowest BCUT2D eigenvalue weighted by molar-refractivity contribution is -0.127. The van der Waals surface area contributed by atoms with E-state index in [0.717, 1.165) is 51.9 Å². The fraction of sp³-hybridized carbons (Fsp3) is 0.652. The maximum atomic E-state index is 12.0. The summed E-state index contributed by atoms with van der Waals surface area (Å²) in [6.07, 6.45) is 4.25. The number of rotatable bonds is 7. The van der Waals surface area contributed by atoms with Crippen LogP contribution in [0.25, 0.3) is 0 Å². The Morgan fingerprint density at radius 2 is 2.00 bits per heavy atom. The highest BCUT2D eigenvalue weighted by molar-refractivity contribution is 5.85. The minimum atomic E-state index is -0.160. The molecule has 2 aliphatic rings. The maximum absolute atomic E-state index is 12.0. The first-order chi connectivity index (χ1) is 14.4. The molecular weight excluding hydrogens is 378 g/mol. The summed E-state index contributed by atoms with van der Waals surface area (Å²) in [5.74, 6) is 0.709. The third kappa shape index (κ3) is 6.99. The SMILES string of the molecule is CN(C)C(=O)CN=C(NCC1(C)CCCO1)NC1CCN(Cc2ccccc2)CC1. The summed E-state index contributed by atoms with van der Waals surface area (Å²) in [5.41, 5.74) is 1.20. The summed E-state index contributed by atoms with van der Waals surface area (Å²) in [6.45, 7) is 6.90. The van der Waals surface area contributed by atoms with E-state index >= 15 is 0 Å². The number of benzene rings is 1. The van der Waals surface area contributed by atoms with Crippen LogP contribution in [0, 0.1) is 0 Å². The van der Waals surface area contributed by atoms with Crippen LogP contribution in [0.15, 0.2) is 35.3 Å². The summed E-state index contributed by atoms with van der Waals surface area (Å²) in [4.78, 5) is 20.6. The minimum absolute atomic E-state index is 0.00268. The van der Waals surface area contributed by atoms with Gasteiger partial charge in [0, 0.05) is 52.9 Å². The van der Waals surface area contributed by atoms with Gasteiger partial charge in [-0.3, -0.25) is 9.69 Å². The quantitative estimate of drug-likeness (QED) is 0.525. The number of guanidine groups is 1. The molecule has 3 rings (SSSR count). The summed E-state index contributed by atoms with van der Waals surface area (Å²) in [7, 11) is 3.52. The number of ether oxygens (including phenoxy) is 1. The van der Waals surface area contributed by atoms with Crippen LogP contribution in [0.1, 0.15) is 38.2 Å². The molecule has 1 aromatic rings. The van der Waals surface area contributed by atoms with Gasteiger partial charge >= 0.3 is 0 Å². The number of nitrogens with one attached hydrogen (secondary N) is 2. The van der Waals surface area contributed by atoms with E-state index in [0.29, 0.717) is 18.5 Å². The Hall–Kier alpha value is -2.12. The molecule has 0 radical (unpaired) electrons. The van der Waals surface area contributed by atoms with E-state index in [2.05, 4.69) is 57.8 Å². The van der Waals surface area contributed by atoms with Crippen LogP contribution >= 0.6 is 0 Å². The molecule has 1 unspecified atom stereocenters. The molecule has 1 amide bonds. The predicted molar refractivity (Wildman–Crippen MR) is 120 cm³/mol. The Balaban J connectivity index is 1.51. The number of amides is 1. The highest BCUT2D eigenvalue weighted by Gasteiger charge is 2.30. The molecule has 2 saturated heterocycles. The van der Waals surface area contributed by atoms with E-state index in [1.807, 2.05) is 0 Å². The molecule has 166 valence electrons. The van der Waals surface area contributed by atoms with Crippen molar-refractivity contribution < 1.29 is 9.53 Å². The van der Waals surface area contributed by atoms with Gasteiger partial charge in [0.25, 0.3) is 0 Å². The van der Waals surface area contributed by atoms with E-state index in [1.54, 1.807) is 19.0 Å². The number of hydrogen-bond acceptors (Lipinski definition) is 4. The molecule has 2 fully saturated rings. The molecule has 0 spiro atoms. The molecule has 0 saturated carbocycles. The van der Waals surface area contributed by atoms with Gasteiger partial charge in [-0.05, 0) is 38.2 Å². The highest BCUT2D eigenvalue weighted by Crippen LogP contribution is 2.23. The number of piperidine rings is 1. The van der Waals surface area contributed by atoms with Gasteiger partial charge in [-0.25, -0.2) is 4.99 Å². The zero-order valence-corrected chi connectivity index (χ0v) is 18.7. The number of carbonyl (C=O) groups excluding carboxylic acids is 1. The smallest absolute Gasteiger partial charge is 0.243 e. The van der Waals surface area contributed by atoms with Gasteiger partial charge in [-0.1, -0.05) is 30.3 Å². The zero-order valence-electron chi connectivity index (χ0n) is 18.7. The standard InChI is InChI=1S/C23H37N5O2/c1-23(12-7-15-30-23)18-25-22(24-16-21(29)27(2)3)26-20-10-13-28(14-11-20)17-19-8-5-4-6-9-19/h4-6,8-9,20H,7,10-18H2,1-3H3,(H2,24,25,26). The maximum Gasteiger partial charge on any atom is 0.243 e. The van der Waals surface area contributed by atoms with Crippen molar-refractivity contribution in [2.75, 3.05) is 46.9 Å². The Morgan fingerprint density at radius 3 is 2.63 bits per heavy atom. The van der Waals surface area contributed by atoms with E-state index in [1.165, 1.54) is 5.56 Å². The molecular formula is C23H37N5O2. The van der Waals surface area contributed by atoms with Gasteiger partial charge in [0.1, 0.15) is 6.54 Å². The first kappa shape index (κ1) is 22.6. The summed E-state index contributed by atoms with van der Waals surface area (Å²) in [5, 5.41) is 6.99. The van der Waals surface area contributed by atoms with Crippen molar-refractivity contribution in [2.45, 2.75) is 50.8 Å². The van der Waals surface area contributed by atoms with E-state index in [-0.39, 0.29) is 18.1 Å². The Labute approximate surface area is 180 Å². The fourth-order valence-electron chi connectivity index (χ4n) is 3.96. The first-order valence-electron chi connectivity index (χ1n) is 11.1. The van der Waals surface area contributed by atoms with E-state index in [4.69, 9.17) is 4.74 Å². The third-order valence-corrected chi connectivity index (χ3v) is 5.98. The van der Waals surface area contributed by atoms with Gasteiger partial charge in [0.05, 0.1) is 5.60 Å². The molecule has 1 atom stereocenters. The molecule has 2 heterocycles. The normalized spacial score (nSPS) is 23.4. The van der Waals surface area contributed by atoms with E-state index < -0.39 is 0 Å². The van der Waals surface area contributed by atoms with Crippen molar-refractivity contribution in [3.8, 4) is 0 Å². The first-order valence-corrected chi connectivity index (χ1v) is 11.1. The van der Waals surface area contributed by atoms with Crippen LogP contribution in [-0.4, -0.2) is 80.2 Å². The molecule has 7 nitrogen and oxygen atoms in total. The van der Waals surface area contributed by atoms with E-state index in [9.17, 15) is 4.79 Å². The van der Waals surface area contributed by atoms with Gasteiger partial charge < -0.3 is 20.3 Å². The molecule has 2 aliphatic heterocycles. The molecule has 0 aromatic heterocycles. The second-order valence-electron chi connectivity index (χ2n) is 8.89. The summed E-state index contributed by atoms with van der Waals surface area (Å²) in [6, 6.07) is 11.0. The van der Waals surface area contributed by atoms with Crippen LogP contribution in [0.3, 0.4) is 0 Å². The molecule has 0 bridgehead atoms. The lowest BCUT2D eigenvalue weighted by Gasteiger charge is -2.33. The van der Waals surface area contributed by atoms with Crippen molar-refractivity contribution in [3.05, 3.63) is 35.9 Å². The second-order valence-corrected chi connectivity index (χ2v) is 8.89. The number of nitrogens with zero attached hydrogens (tertiary/aromatic N) is 3. The highest BCUT2D eigenvalue weighted by atomic mass is 16.5. The predicted octanol–water partition coefficient (Wildman–Crippen LogP) is 1.84. The van der Waals surface area contributed by atoms with Crippen LogP contribution in [0.4, 0.5) is 0 Å².